The molecular weight excluding hydrogens is 290 g/mol. The minimum Gasteiger partial charge on any atom is -0.493 e. The van der Waals surface area contributed by atoms with E-state index in [-0.39, 0.29) is 12.5 Å². The lowest BCUT2D eigenvalue weighted by molar-refractivity contribution is -0.127. The maximum Gasteiger partial charge on any atom is 0.258 e. The second-order valence-corrected chi connectivity index (χ2v) is 7.46. The lowest BCUT2D eigenvalue weighted by Gasteiger charge is -2.54. The molecule has 0 radical (unpaired) electrons. The highest BCUT2D eigenvalue weighted by Crippen LogP contribution is 2.53. The third-order valence-corrected chi connectivity index (χ3v) is 5.98. The van der Waals surface area contributed by atoms with Crippen molar-refractivity contribution in [3.63, 3.8) is 0 Å². The molecule has 4 heteroatoms. The number of rotatable bonds is 5. The first-order chi connectivity index (χ1) is 11.2. The Kier molecular flexibility index (Phi) is 3.92. The SMILES string of the molecule is COc1ccccc1OCC(=O)NC1C2CC3CC(C2)CC1C3. The number of carbonyl (C=O) groups is 1. The van der Waals surface area contributed by atoms with Gasteiger partial charge in [-0.2, -0.15) is 0 Å². The fourth-order valence-corrected chi connectivity index (χ4v) is 5.27. The van der Waals surface area contributed by atoms with Crippen LogP contribution in [0.3, 0.4) is 0 Å². The average Bonchev–Trinajstić information content (AvgIpc) is 2.56. The van der Waals surface area contributed by atoms with Crippen molar-refractivity contribution in [1.82, 2.24) is 5.32 Å². The van der Waals surface area contributed by atoms with E-state index in [0.717, 1.165) is 11.8 Å². The second-order valence-electron chi connectivity index (χ2n) is 7.46. The van der Waals surface area contributed by atoms with Gasteiger partial charge in [-0.3, -0.25) is 4.79 Å². The van der Waals surface area contributed by atoms with E-state index in [2.05, 4.69) is 5.32 Å². The first-order valence-corrected chi connectivity index (χ1v) is 8.78. The molecule has 0 atom stereocenters. The summed E-state index contributed by atoms with van der Waals surface area (Å²) in [4.78, 5) is 12.3. The summed E-state index contributed by atoms with van der Waals surface area (Å²) in [5, 5.41) is 3.26. The summed E-state index contributed by atoms with van der Waals surface area (Å²) in [6.07, 6.45) is 6.68. The maximum atomic E-state index is 12.3. The third kappa shape index (κ3) is 2.91. The summed E-state index contributed by atoms with van der Waals surface area (Å²) in [5.74, 6) is 4.52. The predicted molar refractivity (Wildman–Crippen MR) is 87.5 cm³/mol. The topological polar surface area (TPSA) is 47.6 Å². The van der Waals surface area contributed by atoms with Gasteiger partial charge in [0, 0.05) is 6.04 Å². The highest BCUT2D eigenvalue weighted by molar-refractivity contribution is 5.78. The molecule has 4 nitrogen and oxygen atoms in total. The molecular formula is C19H25NO3. The molecule has 1 amide bonds. The number of nitrogens with one attached hydrogen (secondary N) is 1. The summed E-state index contributed by atoms with van der Waals surface area (Å²) in [6, 6.07) is 7.81. The number of hydrogen-bond donors (Lipinski definition) is 1. The zero-order chi connectivity index (χ0) is 15.8. The minimum atomic E-state index is -0.00613. The number of methoxy groups -OCH3 is 1. The van der Waals surface area contributed by atoms with Crippen molar-refractivity contribution in [2.45, 2.75) is 38.1 Å². The lowest BCUT2D eigenvalue weighted by atomic mass is 9.54. The van der Waals surface area contributed by atoms with Crippen molar-refractivity contribution < 1.29 is 14.3 Å². The zero-order valence-electron chi connectivity index (χ0n) is 13.7. The molecule has 124 valence electrons. The highest BCUT2D eigenvalue weighted by Gasteiger charge is 2.48. The van der Waals surface area contributed by atoms with Gasteiger partial charge in [0.1, 0.15) is 0 Å². The maximum absolute atomic E-state index is 12.3. The largest absolute Gasteiger partial charge is 0.493 e. The van der Waals surface area contributed by atoms with Crippen LogP contribution in [0.25, 0.3) is 0 Å². The molecule has 4 aliphatic carbocycles. The monoisotopic (exact) mass is 315 g/mol. The minimum absolute atomic E-state index is 0.00613. The van der Waals surface area contributed by atoms with Gasteiger partial charge in [0.25, 0.3) is 5.91 Å². The molecule has 1 N–H and O–H groups in total. The van der Waals surface area contributed by atoms with Crippen molar-refractivity contribution in [3.8, 4) is 11.5 Å². The molecule has 1 aromatic carbocycles. The van der Waals surface area contributed by atoms with Crippen LogP contribution in [0.4, 0.5) is 0 Å². The fourth-order valence-electron chi connectivity index (χ4n) is 5.27. The molecule has 23 heavy (non-hydrogen) atoms. The van der Waals surface area contributed by atoms with Crippen LogP contribution < -0.4 is 14.8 Å². The van der Waals surface area contributed by atoms with Crippen molar-refractivity contribution in [2.24, 2.45) is 23.7 Å². The predicted octanol–water partition coefficient (Wildman–Crippen LogP) is 3.01. The molecule has 0 heterocycles. The van der Waals surface area contributed by atoms with Gasteiger partial charge in [0.15, 0.2) is 18.1 Å². The van der Waals surface area contributed by atoms with Gasteiger partial charge >= 0.3 is 0 Å². The Morgan fingerprint density at radius 2 is 1.65 bits per heavy atom. The van der Waals surface area contributed by atoms with Gasteiger partial charge in [-0.1, -0.05) is 12.1 Å². The van der Waals surface area contributed by atoms with Crippen LogP contribution in [0, 0.1) is 23.7 Å². The van der Waals surface area contributed by atoms with Gasteiger partial charge in [0.05, 0.1) is 7.11 Å². The number of hydrogen-bond acceptors (Lipinski definition) is 3. The first-order valence-electron chi connectivity index (χ1n) is 8.78. The van der Waals surface area contributed by atoms with Crippen LogP contribution in [0.1, 0.15) is 32.1 Å². The number of carbonyl (C=O) groups excluding carboxylic acids is 1. The standard InChI is InChI=1S/C19H25NO3/c1-22-16-4-2-3-5-17(16)23-11-18(21)20-19-14-7-12-6-13(9-14)10-15(19)8-12/h2-5,12-15,19H,6-11H2,1H3,(H,20,21). The molecule has 1 aromatic rings. The lowest BCUT2D eigenvalue weighted by Crippen LogP contribution is -2.56. The Labute approximate surface area is 137 Å². The summed E-state index contributed by atoms with van der Waals surface area (Å²) in [7, 11) is 1.61. The van der Waals surface area contributed by atoms with Crippen molar-refractivity contribution >= 4 is 5.91 Å². The van der Waals surface area contributed by atoms with E-state index in [9.17, 15) is 4.79 Å². The Hall–Kier alpha value is -1.71. The van der Waals surface area contributed by atoms with Gasteiger partial charge < -0.3 is 14.8 Å². The van der Waals surface area contributed by atoms with Crippen LogP contribution >= 0.6 is 0 Å². The average molecular weight is 315 g/mol. The number of ether oxygens (including phenoxy) is 2. The Morgan fingerprint density at radius 1 is 1.04 bits per heavy atom. The Morgan fingerprint density at radius 3 is 2.26 bits per heavy atom. The smallest absolute Gasteiger partial charge is 0.258 e. The van der Waals surface area contributed by atoms with Gasteiger partial charge in [0.2, 0.25) is 0 Å². The van der Waals surface area contributed by atoms with Crippen LogP contribution in [0.2, 0.25) is 0 Å². The van der Waals surface area contributed by atoms with Gasteiger partial charge in [-0.15, -0.1) is 0 Å². The van der Waals surface area contributed by atoms with Crippen molar-refractivity contribution in [1.29, 1.82) is 0 Å². The molecule has 4 bridgehead atoms. The fraction of sp³-hybridized carbons (Fsp3) is 0.632. The third-order valence-electron chi connectivity index (χ3n) is 5.98. The summed E-state index contributed by atoms with van der Waals surface area (Å²) >= 11 is 0. The zero-order valence-corrected chi connectivity index (χ0v) is 13.7. The number of para-hydroxylation sites is 2. The Bertz CT molecular complexity index is 558. The molecule has 0 spiro atoms. The molecule has 4 aliphatic rings. The van der Waals surface area contributed by atoms with E-state index in [1.165, 1.54) is 32.1 Å². The van der Waals surface area contributed by atoms with E-state index in [1.54, 1.807) is 7.11 Å². The van der Waals surface area contributed by atoms with E-state index >= 15 is 0 Å². The van der Waals surface area contributed by atoms with E-state index in [0.29, 0.717) is 29.4 Å². The van der Waals surface area contributed by atoms with E-state index < -0.39 is 0 Å². The molecule has 0 aliphatic heterocycles. The van der Waals surface area contributed by atoms with Crippen LogP contribution in [0.5, 0.6) is 11.5 Å². The summed E-state index contributed by atoms with van der Waals surface area (Å²) < 4.78 is 10.9. The first kappa shape index (κ1) is 14.9. The van der Waals surface area contributed by atoms with Crippen molar-refractivity contribution in [2.75, 3.05) is 13.7 Å². The molecule has 4 saturated carbocycles. The highest BCUT2D eigenvalue weighted by atomic mass is 16.5. The molecule has 4 fully saturated rings. The van der Waals surface area contributed by atoms with Crippen molar-refractivity contribution in [3.05, 3.63) is 24.3 Å². The van der Waals surface area contributed by atoms with E-state index in [4.69, 9.17) is 9.47 Å². The summed E-state index contributed by atoms with van der Waals surface area (Å²) in [5.41, 5.74) is 0. The van der Waals surface area contributed by atoms with Gasteiger partial charge in [-0.25, -0.2) is 0 Å². The van der Waals surface area contributed by atoms with E-state index in [1.807, 2.05) is 24.3 Å². The van der Waals surface area contributed by atoms with Crippen LogP contribution in [0.15, 0.2) is 24.3 Å². The quantitative estimate of drug-likeness (QED) is 0.908. The second kappa shape index (κ2) is 6.06. The number of amides is 1. The molecule has 0 unspecified atom stereocenters. The normalized spacial score (nSPS) is 34.2. The van der Waals surface area contributed by atoms with Gasteiger partial charge in [-0.05, 0) is 67.9 Å². The Balaban J connectivity index is 1.34. The number of benzene rings is 1. The van der Waals surface area contributed by atoms with Crippen LogP contribution in [-0.2, 0) is 4.79 Å². The molecule has 0 aromatic heterocycles. The molecule has 5 rings (SSSR count). The van der Waals surface area contributed by atoms with Crippen LogP contribution in [-0.4, -0.2) is 25.7 Å². The molecule has 0 saturated heterocycles. The summed E-state index contributed by atoms with van der Waals surface area (Å²) in [6.45, 7) is 0.0587.